The zero-order valence-electron chi connectivity index (χ0n) is 20.5. The van der Waals surface area contributed by atoms with E-state index in [-0.39, 0.29) is 0 Å². The maximum absolute atomic E-state index is 11.3. The maximum atomic E-state index is 11.3. The lowest BCUT2D eigenvalue weighted by molar-refractivity contribution is -0.140. The average Bonchev–Trinajstić information content (AvgIpc) is 2.90. The van der Waals surface area contributed by atoms with Crippen LogP contribution < -0.4 is 10.6 Å². The molecule has 1 aliphatic rings. The monoisotopic (exact) mass is 496 g/mol. The SMILES string of the molecule is Cc1cccc(-c2nccc(Nc3ccnc(Cc4ccc(CN5CCN[C@@H](C(=O)O)C5)cc4)n3)n2)n1. The minimum atomic E-state index is -0.805. The van der Waals surface area contributed by atoms with Gasteiger partial charge in [-0.2, -0.15) is 0 Å². The third-order valence-corrected chi connectivity index (χ3v) is 6.08. The smallest absolute Gasteiger partial charge is 0.322 e. The second kappa shape index (κ2) is 11.2. The van der Waals surface area contributed by atoms with Crippen LogP contribution in [-0.4, -0.2) is 66.6 Å². The number of carbonyl (C=O) groups is 1. The molecule has 0 aliphatic carbocycles. The Morgan fingerprint density at radius 2 is 1.76 bits per heavy atom. The fraction of sp³-hybridized carbons (Fsp3) is 0.259. The number of piperazine rings is 1. The molecular weight excluding hydrogens is 468 g/mol. The summed E-state index contributed by atoms with van der Waals surface area (Å²) in [5.41, 5.74) is 3.87. The molecule has 0 unspecified atom stereocenters. The number of hydrogen-bond donors (Lipinski definition) is 3. The molecule has 0 bridgehead atoms. The quantitative estimate of drug-likeness (QED) is 0.335. The van der Waals surface area contributed by atoms with E-state index in [1.165, 1.54) is 0 Å². The Bertz CT molecular complexity index is 1380. The van der Waals surface area contributed by atoms with Gasteiger partial charge in [-0.05, 0) is 42.3 Å². The summed E-state index contributed by atoms with van der Waals surface area (Å²) in [6.45, 7) is 4.66. The highest BCUT2D eigenvalue weighted by molar-refractivity contribution is 5.73. The molecule has 10 heteroatoms. The van der Waals surface area contributed by atoms with Crippen LogP contribution in [0.1, 0.15) is 22.6 Å². The van der Waals surface area contributed by atoms with E-state index in [0.717, 1.165) is 29.9 Å². The first kappa shape index (κ1) is 24.4. The molecule has 1 fully saturated rings. The lowest BCUT2D eigenvalue weighted by Crippen LogP contribution is -2.53. The third-order valence-electron chi connectivity index (χ3n) is 6.08. The average molecular weight is 497 g/mol. The first-order valence-electron chi connectivity index (χ1n) is 12.1. The van der Waals surface area contributed by atoms with Gasteiger partial charge in [-0.1, -0.05) is 30.3 Å². The van der Waals surface area contributed by atoms with Crippen molar-refractivity contribution in [1.82, 2.24) is 35.1 Å². The zero-order valence-corrected chi connectivity index (χ0v) is 20.5. The number of rotatable bonds is 8. The molecule has 4 heterocycles. The molecule has 10 nitrogen and oxygen atoms in total. The van der Waals surface area contributed by atoms with Crippen molar-refractivity contribution in [2.45, 2.75) is 25.9 Å². The van der Waals surface area contributed by atoms with Gasteiger partial charge in [0, 0.05) is 50.7 Å². The van der Waals surface area contributed by atoms with Crippen LogP contribution in [0.15, 0.2) is 67.0 Å². The summed E-state index contributed by atoms with van der Waals surface area (Å²) in [5, 5.41) is 15.5. The molecule has 188 valence electrons. The van der Waals surface area contributed by atoms with Gasteiger partial charge in [-0.15, -0.1) is 0 Å². The van der Waals surface area contributed by atoms with Crippen molar-refractivity contribution in [3.8, 4) is 11.5 Å². The maximum Gasteiger partial charge on any atom is 0.322 e. The number of nitrogens with zero attached hydrogens (tertiary/aromatic N) is 6. The predicted octanol–water partition coefficient (Wildman–Crippen LogP) is 2.83. The molecule has 37 heavy (non-hydrogen) atoms. The van der Waals surface area contributed by atoms with E-state index in [0.29, 0.717) is 48.5 Å². The number of carboxylic acid groups (broad SMARTS) is 1. The molecule has 0 amide bonds. The molecule has 1 saturated heterocycles. The number of carboxylic acids is 1. The van der Waals surface area contributed by atoms with Crippen LogP contribution in [0.5, 0.6) is 0 Å². The van der Waals surface area contributed by atoms with Crippen molar-refractivity contribution in [3.05, 3.63) is 89.6 Å². The summed E-state index contributed by atoms with van der Waals surface area (Å²) in [5.74, 6) is 1.71. The van der Waals surface area contributed by atoms with Gasteiger partial charge in [0.2, 0.25) is 0 Å². The van der Waals surface area contributed by atoms with E-state index in [4.69, 9.17) is 0 Å². The molecule has 3 aromatic heterocycles. The second-order valence-electron chi connectivity index (χ2n) is 8.99. The Balaban J connectivity index is 1.21. The van der Waals surface area contributed by atoms with Crippen molar-refractivity contribution >= 4 is 17.6 Å². The van der Waals surface area contributed by atoms with Crippen molar-refractivity contribution < 1.29 is 9.90 Å². The summed E-state index contributed by atoms with van der Waals surface area (Å²) in [4.78, 5) is 35.9. The van der Waals surface area contributed by atoms with Gasteiger partial charge in [0.15, 0.2) is 5.82 Å². The third kappa shape index (κ3) is 6.49. The number of aryl methyl sites for hydroxylation is 1. The van der Waals surface area contributed by atoms with Crippen LogP contribution in [0.3, 0.4) is 0 Å². The molecule has 0 spiro atoms. The van der Waals surface area contributed by atoms with E-state index < -0.39 is 12.0 Å². The second-order valence-corrected chi connectivity index (χ2v) is 8.99. The van der Waals surface area contributed by atoms with Crippen molar-refractivity contribution in [3.63, 3.8) is 0 Å². The van der Waals surface area contributed by atoms with Gasteiger partial charge in [0.25, 0.3) is 0 Å². The van der Waals surface area contributed by atoms with E-state index >= 15 is 0 Å². The number of nitrogens with one attached hydrogen (secondary N) is 2. The number of aliphatic carboxylic acids is 1. The standard InChI is InChI=1S/C27H28N8O2/c1-18-3-2-4-21(31-18)26-30-12-10-24(34-26)32-23-9-11-29-25(33-23)15-19-5-7-20(8-6-19)16-35-14-13-28-22(17-35)27(36)37/h2-12,22,28H,13-17H2,1H3,(H,36,37)(H,29,30,32,33,34)/t22-/m1/s1. The number of hydrogen-bond acceptors (Lipinski definition) is 9. The Morgan fingerprint density at radius 1 is 1.00 bits per heavy atom. The van der Waals surface area contributed by atoms with Gasteiger partial charge < -0.3 is 15.7 Å². The Labute approximate surface area is 214 Å². The highest BCUT2D eigenvalue weighted by Crippen LogP contribution is 2.18. The first-order chi connectivity index (χ1) is 18.0. The number of benzene rings is 1. The van der Waals surface area contributed by atoms with E-state index in [9.17, 15) is 9.90 Å². The largest absolute Gasteiger partial charge is 0.480 e. The van der Waals surface area contributed by atoms with Crippen LogP contribution in [0.2, 0.25) is 0 Å². The molecule has 5 rings (SSSR count). The molecule has 0 saturated carbocycles. The van der Waals surface area contributed by atoms with Gasteiger partial charge in [0.05, 0.1) is 0 Å². The van der Waals surface area contributed by atoms with Crippen molar-refractivity contribution in [2.24, 2.45) is 0 Å². The summed E-state index contributed by atoms with van der Waals surface area (Å²) in [6, 6.07) is 17.1. The predicted molar refractivity (Wildman–Crippen MR) is 139 cm³/mol. The lowest BCUT2D eigenvalue weighted by Gasteiger charge is -2.31. The molecule has 1 atom stereocenters. The normalized spacial score (nSPS) is 15.9. The molecule has 4 aromatic rings. The van der Waals surface area contributed by atoms with Crippen molar-refractivity contribution in [1.29, 1.82) is 0 Å². The van der Waals surface area contributed by atoms with Crippen LogP contribution in [0.25, 0.3) is 11.5 Å². The number of aromatic nitrogens is 5. The van der Waals surface area contributed by atoms with Crippen LogP contribution >= 0.6 is 0 Å². The number of pyridine rings is 1. The topological polar surface area (TPSA) is 129 Å². The molecule has 3 N–H and O–H groups in total. The summed E-state index contributed by atoms with van der Waals surface area (Å²) >= 11 is 0. The summed E-state index contributed by atoms with van der Waals surface area (Å²) in [6.07, 6.45) is 4.01. The van der Waals surface area contributed by atoms with E-state index in [2.05, 4.69) is 64.7 Å². The Morgan fingerprint density at radius 3 is 2.54 bits per heavy atom. The summed E-state index contributed by atoms with van der Waals surface area (Å²) in [7, 11) is 0. The van der Waals surface area contributed by atoms with Crippen molar-refractivity contribution in [2.75, 3.05) is 25.0 Å². The minimum absolute atomic E-state index is 0.500. The fourth-order valence-corrected chi connectivity index (χ4v) is 4.23. The number of anilines is 2. The van der Waals surface area contributed by atoms with E-state index in [1.54, 1.807) is 24.5 Å². The minimum Gasteiger partial charge on any atom is -0.480 e. The fourth-order valence-electron chi connectivity index (χ4n) is 4.23. The van der Waals surface area contributed by atoms with Gasteiger partial charge in [-0.3, -0.25) is 9.69 Å². The molecular formula is C27H28N8O2. The molecule has 1 aliphatic heterocycles. The van der Waals surface area contributed by atoms with Gasteiger partial charge in [0.1, 0.15) is 29.2 Å². The van der Waals surface area contributed by atoms with Gasteiger partial charge in [-0.25, -0.2) is 24.9 Å². The lowest BCUT2D eigenvalue weighted by atomic mass is 10.1. The van der Waals surface area contributed by atoms with Crippen LogP contribution in [0.4, 0.5) is 11.6 Å². The van der Waals surface area contributed by atoms with E-state index in [1.807, 2.05) is 25.1 Å². The molecule has 1 aromatic carbocycles. The summed E-state index contributed by atoms with van der Waals surface area (Å²) < 4.78 is 0. The Kier molecular flexibility index (Phi) is 7.38. The van der Waals surface area contributed by atoms with Gasteiger partial charge >= 0.3 is 5.97 Å². The highest BCUT2D eigenvalue weighted by Gasteiger charge is 2.24. The van der Waals surface area contributed by atoms with Crippen LogP contribution in [0, 0.1) is 6.92 Å². The Hall–Kier alpha value is -4.28. The molecule has 0 radical (unpaired) electrons. The van der Waals surface area contributed by atoms with Crippen LogP contribution in [-0.2, 0) is 17.8 Å². The highest BCUT2D eigenvalue weighted by atomic mass is 16.4. The zero-order chi connectivity index (χ0) is 25.6. The first-order valence-corrected chi connectivity index (χ1v) is 12.1.